The van der Waals surface area contributed by atoms with Gasteiger partial charge >= 0.3 is 0 Å². The van der Waals surface area contributed by atoms with Gasteiger partial charge in [-0.1, -0.05) is 30.3 Å². The monoisotopic (exact) mass is 347 g/mol. The van der Waals surface area contributed by atoms with Crippen LogP contribution in [0.15, 0.2) is 30.3 Å². The quantitative estimate of drug-likeness (QED) is 0.678. The average molecular weight is 347 g/mol. The Morgan fingerprint density at radius 3 is 2.52 bits per heavy atom. The number of likely N-dealkylation sites (tertiary alicyclic amines) is 1. The molecule has 3 rings (SSSR count). The van der Waals surface area contributed by atoms with Crippen LogP contribution in [-0.4, -0.2) is 56.6 Å². The first-order chi connectivity index (χ1) is 12.3. The highest BCUT2D eigenvalue weighted by Crippen LogP contribution is 2.26. The number of carbonyl (C=O) groups is 1. The smallest absolute Gasteiger partial charge is 0.222 e. The van der Waals surface area contributed by atoms with Crippen LogP contribution < -0.4 is 0 Å². The lowest BCUT2D eigenvalue weighted by atomic mass is 9.96. The van der Waals surface area contributed by atoms with Crippen LogP contribution in [0.4, 0.5) is 0 Å². The lowest BCUT2D eigenvalue weighted by molar-refractivity contribution is -0.137. The molecule has 5 nitrogen and oxygen atoms in total. The van der Waals surface area contributed by atoms with Crippen LogP contribution in [0.1, 0.15) is 31.2 Å². The lowest BCUT2D eigenvalue weighted by Gasteiger charge is -2.33. The van der Waals surface area contributed by atoms with Gasteiger partial charge in [0.25, 0.3) is 0 Å². The van der Waals surface area contributed by atoms with Crippen molar-refractivity contribution in [2.75, 3.05) is 39.5 Å². The van der Waals surface area contributed by atoms with Gasteiger partial charge in [0.15, 0.2) is 6.29 Å². The van der Waals surface area contributed by atoms with E-state index in [9.17, 15) is 4.79 Å². The van der Waals surface area contributed by atoms with Crippen LogP contribution in [0.2, 0.25) is 0 Å². The van der Waals surface area contributed by atoms with E-state index in [0.29, 0.717) is 38.8 Å². The molecule has 0 bridgehead atoms. The fourth-order valence-electron chi connectivity index (χ4n) is 3.49. The summed E-state index contributed by atoms with van der Waals surface area (Å²) in [6.07, 6.45) is 4.20. The molecule has 1 aromatic carbocycles. The van der Waals surface area contributed by atoms with Crippen molar-refractivity contribution in [3.8, 4) is 0 Å². The van der Waals surface area contributed by atoms with Crippen molar-refractivity contribution in [3.63, 3.8) is 0 Å². The highest BCUT2D eigenvalue weighted by Gasteiger charge is 2.31. The summed E-state index contributed by atoms with van der Waals surface area (Å²) in [5.41, 5.74) is 1.29. The molecular weight excluding hydrogens is 318 g/mol. The molecule has 2 aliphatic rings. The summed E-state index contributed by atoms with van der Waals surface area (Å²) in [5.74, 6) is 0.686. The standard InChI is InChI=1S/C20H29NO4/c22-19(7-4-13-23-14-10-17-5-2-1-3-6-17)21-11-8-18(9-12-21)20-24-15-16-25-20/h1-3,5-6,18,20H,4,7-16H2. The first-order valence-electron chi connectivity index (χ1n) is 9.45. The van der Waals surface area contributed by atoms with Gasteiger partial charge in [-0.15, -0.1) is 0 Å². The molecule has 5 heteroatoms. The molecule has 25 heavy (non-hydrogen) atoms. The fraction of sp³-hybridized carbons (Fsp3) is 0.650. The molecule has 0 aliphatic carbocycles. The van der Waals surface area contributed by atoms with Gasteiger partial charge in [0.1, 0.15) is 0 Å². The number of nitrogens with zero attached hydrogens (tertiary/aromatic N) is 1. The Morgan fingerprint density at radius 1 is 1.08 bits per heavy atom. The predicted octanol–water partition coefficient (Wildman–Crippen LogP) is 2.64. The van der Waals surface area contributed by atoms with Crippen LogP contribution in [0.25, 0.3) is 0 Å². The largest absolute Gasteiger partial charge is 0.381 e. The van der Waals surface area contributed by atoms with Gasteiger partial charge in [-0.25, -0.2) is 0 Å². The molecule has 0 atom stereocenters. The molecule has 138 valence electrons. The molecule has 0 aromatic heterocycles. The van der Waals surface area contributed by atoms with Gasteiger partial charge < -0.3 is 19.1 Å². The fourth-order valence-corrected chi connectivity index (χ4v) is 3.49. The number of benzene rings is 1. The second kappa shape index (κ2) is 9.90. The number of hydrogen-bond donors (Lipinski definition) is 0. The maximum absolute atomic E-state index is 12.3. The topological polar surface area (TPSA) is 48.0 Å². The van der Waals surface area contributed by atoms with E-state index in [1.165, 1.54) is 5.56 Å². The number of carbonyl (C=O) groups excluding carboxylic acids is 1. The van der Waals surface area contributed by atoms with Crippen LogP contribution in [-0.2, 0) is 25.4 Å². The minimum Gasteiger partial charge on any atom is -0.381 e. The summed E-state index contributed by atoms with van der Waals surface area (Å²) in [6.45, 7) is 4.41. The number of amides is 1. The molecule has 2 aliphatic heterocycles. The number of ether oxygens (including phenoxy) is 3. The minimum atomic E-state index is -0.0460. The Hall–Kier alpha value is -1.43. The maximum atomic E-state index is 12.3. The minimum absolute atomic E-state index is 0.0460. The van der Waals surface area contributed by atoms with Crippen molar-refractivity contribution in [1.82, 2.24) is 4.90 Å². The third-order valence-electron chi connectivity index (χ3n) is 4.98. The number of hydrogen-bond acceptors (Lipinski definition) is 4. The van der Waals surface area contributed by atoms with Gasteiger partial charge in [-0.05, 0) is 31.2 Å². The van der Waals surface area contributed by atoms with Crippen molar-refractivity contribution >= 4 is 5.91 Å². The van der Waals surface area contributed by atoms with Crippen LogP contribution in [0.3, 0.4) is 0 Å². The first kappa shape index (κ1) is 18.4. The molecule has 0 N–H and O–H groups in total. The molecule has 0 spiro atoms. The summed E-state index contributed by atoms with van der Waals surface area (Å²) >= 11 is 0. The molecule has 2 heterocycles. The molecule has 0 unspecified atom stereocenters. The van der Waals surface area contributed by atoms with Gasteiger partial charge in [-0.3, -0.25) is 4.79 Å². The summed E-state index contributed by atoms with van der Waals surface area (Å²) in [4.78, 5) is 14.3. The highest BCUT2D eigenvalue weighted by molar-refractivity contribution is 5.76. The zero-order valence-corrected chi connectivity index (χ0v) is 14.9. The Morgan fingerprint density at radius 2 is 1.80 bits per heavy atom. The molecule has 2 fully saturated rings. The lowest BCUT2D eigenvalue weighted by Crippen LogP contribution is -2.41. The van der Waals surface area contributed by atoms with Gasteiger partial charge in [-0.2, -0.15) is 0 Å². The van der Waals surface area contributed by atoms with Crippen molar-refractivity contribution in [2.24, 2.45) is 5.92 Å². The molecule has 2 saturated heterocycles. The van der Waals surface area contributed by atoms with Gasteiger partial charge in [0.2, 0.25) is 5.91 Å². The number of rotatable bonds is 8. The van der Waals surface area contributed by atoms with Gasteiger partial charge in [0.05, 0.1) is 19.8 Å². The Balaban J connectivity index is 1.23. The molecular formula is C20H29NO4. The van der Waals surface area contributed by atoms with Crippen molar-refractivity contribution in [2.45, 2.75) is 38.4 Å². The highest BCUT2D eigenvalue weighted by atomic mass is 16.7. The van der Waals surface area contributed by atoms with E-state index in [1.54, 1.807) is 0 Å². The zero-order valence-electron chi connectivity index (χ0n) is 14.9. The van der Waals surface area contributed by atoms with E-state index < -0.39 is 0 Å². The van der Waals surface area contributed by atoms with E-state index in [4.69, 9.17) is 14.2 Å². The first-order valence-corrected chi connectivity index (χ1v) is 9.45. The normalized spacial score (nSPS) is 19.4. The second-order valence-corrected chi connectivity index (χ2v) is 6.78. The van der Waals surface area contributed by atoms with Crippen molar-refractivity contribution in [1.29, 1.82) is 0 Å². The Bertz CT molecular complexity index is 508. The molecule has 1 aromatic rings. The van der Waals surface area contributed by atoms with Crippen LogP contribution >= 0.6 is 0 Å². The van der Waals surface area contributed by atoms with Crippen LogP contribution in [0.5, 0.6) is 0 Å². The summed E-state index contributed by atoms with van der Waals surface area (Å²) < 4.78 is 16.8. The molecule has 1 amide bonds. The summed E-state index contributed by atoms with van der Waals surface area (Å²) in [5, 5.41) is 0. The summed E-state index contributed by atoms with van der Waals surface area (Å²) in [6, 6.07) is 10.3. The van der Waals surface area contributed by atoms with Crippen molar-refractivity contribution in [3.05, 3.63) is 35.9 Å². The predicted molar refractivity (Wildman–Crippen MR) is 95.2 cm³/mol. The van der Waals surface area contributed by atoms with Crippen LogP contribution in [0, 0.1) is 5.92 Å². The number of piperidine rings is 1. The Kier molecular flexibility index (Phi) is 7.27. The maximum Gasteiger partial charge on any atom is 0.222 e. The van der Waals surface area contributed by atoms with E-state index in [2.05, 4.69) is 12.1 Å². The molecule has 0 saturated carbocycles. The Labute approximate surface area is 150 Å². The van der Waals surface area contributed by atoms with Crippen molar-refractivity contribution < 1.29 is 19.0 Å². The third-order valence-corrected chi connectivity index (χ3v) is 4.98. The van der Waals surface area contributed by atoms with E-state index in [1.807, 2.05) is 23.1 Å². The van der Waals surface area contributed by atoms with E-state index in [-0.39, 0.29) is 12.2 Å². The average Bonchev–Trinajstić information content (AvgIpc) is 3.20. The van der Waals surface area contributed by atoms with E-state index >= 15 is 0 Å². The second-order valence-electron chi connectivity index (χ2n) is 6.78. The molecule has 0 radical (unpaired) electrons. The third kappa shape index (κ3) is 5.80. The van der Waals surface area contributed by atoms with E-state index in [0.717, 1.165) is 38.8 Å². The zero-order chi connectivity index (χ0) is 17.3. The SMILES string of the molecule is O=C(CCCOCCc1ccccc1)N1CCC(C2OCCO2)CC1. The van der Waals surface area contributed by atoms with Gasteiger partial charge in [0, 0.05) is 32.0 Å². The summed E-state index contributed by atoms with van der Waals surface area (Å²) in [7, 11) is 0.